The van der Waals surface area contributed by atoms with E-state index in [1.54, 1.807) is 0 Å². The zero-order chi connectivity index (χ0) is 13.2. The lowest BCUT2D eigenvalue weighted by atomic mass is 10.2. The first kappa shape index (κ1) is 13.1. The number of aromatic nitrogens is 1. The maximum absolute atomic E-state index is 12.8. The van der Waals surface area contributed by atoms with E-state index in [0.717, 1.165) is 0 Å². The fourth-order valence-electron chi connectivity index (χ4n) is 1.02. The second kappa shape index (κ2) is 4.47. The molecule has 0 radical (unpaired) electrons. The second-order valence-corrected chi connectivity index (χ2v) is 2.68. The molecule has 94 valence electrons. The standard InChI is InChI=1S/C7H3F5N2O3/c8-1-3-4(17-7(10,11)12)2-13-6(9)5(3)14(15)16/h2H,1H2. The first-order valence-corrected chi connectivity index (χ1v) is 3.89. The summed E-state index contributed by atoms with van der Waals surface area (Å²) in [5.74, 6) is -2.93. The Kier molecular flexibility index (Phi) is 3.44. The smallest absolute Gasteiger partial charge is 0.403 e. The molecule has 0 N–H and O–H groups in total. The van der Waals surface area contributed by atoms with Crippen LogP contribution in [0, 0.1) is 16.1 Å². The lowest BCUT2D eigenvalue weighted by Crippen LogP contribution is -2.19. The van der Waals surface area contributed by atoms with Crippen molar-refractivity contribution in [3.63, 3.8) is 0 Å². The Bertz CT molecular complexity index is 448. The molecule has 0 aliphatic carbocycles. The number of hydrogen-bond acceptors (Lipinski definition) is 4. The molecular weight excluding hydrogens is 255 g/mol. The van der Waals surface area contributed by atoms with Gasteiger partial charge in [-0.2, -0.15) is 4.39 Å². The molecule has 0 saturated heterocycles. The second-order valence-electron chi connectivity index (χ2n) is 2.68. The van der Waals surface area contributed by atoms with E-state index in [1.165, 1.54) is 0 Å². The third kappa shape index (κ3) is 2.98. The number of pyridine rings is 1. The van der Waals surface area contributed by atoms with E-state index in [-0.39, 0.29) is 6.20 Å². The van der Waals surface area contributed by atoms with E-state index >= 15 is 0 Å². The van der Waals surface area contributed by atoms with Crippen LogP contribution in [0.4, 0.5) is 27.6 Å². The summed E-state index contributed by atoms with van der Waals surface area (Å²) in [5, 5.41) is 10.3. The van der Waals surface area contributed by atoms with Crippen LogP contribution in [-0.2, 0) is 6.67 Å². The molecule has 10 heteroatoms. The first-order valence-electron chi connectivity index (χ1n) is 3.89. The highest BCUT2D eigenvalue weighted by atomic mass is 19.4. The van der Waals surface area contributed by atoms with Crippen LogP contribution >= 0.6 is 0 Å². The minimum atomic E-state index is -5.18. The molecule has 1 heterocycles. The van der Waals surface area contributed by atoms with Crippen molar-refractivity contribution in [3.8, 4) is 5.75 Å². The highest BCUT2D eigenvalue weighted by Crippen LogP contribution is 2.33. The summed E-state index contributed by atoms with van der Waals surface area (Å²) in [5.41, 5.74) is -2.63. The SMILES string of the molecule is O=[N+]([O-])c1c(F)ncc(OC(F)(F)F)c1CF. The van der Waals surface area contributed by atoms with E-state index in [4.69, 9.17) is 0 Å². The molecule has 17 heavy (non-hydrogen) atoms. The molecule has 0 atom stereocenters. The van der Waals surface area contributed by atoms with Gasteiger partial charge in [0.05, 0.1) is 11.1 Å². The molecule has 1 aromatic heterocycles. The molecule has 0 aromatic carbocycles. The Balaban J connectivity index is 3.33. The van der Waals surface area contributed by atoms with Gasteiger partial charge in [-0.25, -0.2) is 9.37 Å². The third-order valence-corrected chi connectivity index (χ3v) is 1.62. The predicted octanol–water partition coefficient (Wildman–Crippen LogP) is 2.50. The number of nitrogens with zero attached hydrogens (tertiary/aromatic N) is 2. The number of halogens is 5. The number of rotatable bonds is 3. The summed E-state index contributed by atoms with van der Waals surface area (Å²) < 4.78 is 64.1. The number of alkyl halides is 4. The van der Waals surface area contributed by atoms with Crippen molar-refractivity contribution >= 4 is 5.69 Å². The molecule has 5 nitrogen and oxygen atoms in total. The van der Waals surface area contributed by atoms with E-state index in [2.05, 4.69) is 9.72 Å². The van der Waals surface area contributed by atoms with Crippen LogP contribution in [0.3, 0.4) is 0 Å². The maximum Gasteiger partial charge on any atom is 0.573 e. The van der Waals surface area contributed by atoms with Crippen molar-refractivity contribution in [2.45, 2.75) is 13.0 Å². The lowest BCUT2D eigenvalue weighted by Gasteiger charge is -2.11. The van der Waals surface area contributed by atoms with Gasteiger partial charge in [0, 0.05) is 0 Å². The van der Waals surface area contributed by atoms with Crippen molar-refractivity contribution < 1.29 is 31.6 Å². The predicted molar refractivity (Wildman–Crippen MR) is 42.3 cm³/mol. The van der Waals surface area contributed by atoms with Gasteiger partial charge < -0.3 is 4.74 Å². The average Bonchev–Trinajstić information content (AvgIpc) is 2.17. The Morgan fingerprint density at radius 2 is 2.06 bits per heavy atom. The molecule has 1 aromatic rings. The number of ether oxygens (including phenoxy) is 1. The van der Waals surface area contributed by atoms with Crippen molar-refractivity contribution in [3.05, 3.63) is 27.8 Å². The van der Waals surface area contributed by atoms with Gasteiger partial charge in [0.2, 0.25) is 0 Å². The molecule has 0 bridgehead atoms. The summed E-state index contributed by atoms with van der Waals surface area (Å²) in [6.07, 6.45) is -4.96. The molecule has 0 unspecified atom stereocenters. The Labute approximate surface area is 90.0 Å². The van der Waals surface area contributed by atoms with Gasteiger partial charge in [0.25, 0.3) is 5.95 Å². The van der Waals surface area contributed by atoms with E-state index in [9.17, 15) is 32.1 Å². The molecule has 0 saturated carbocycles. The summed E-state index contributed by atoms with van der Waals surface area (Å²) in [4.78, 5) is 11.7. The Hall–Kier alpha value is -2.00. The maximum atomic E-state index is 12.8. The Morgan fingerprint density at radius 1 is 1.47 bits per heavy atom. The van der Waals surface area contributed by atoms with E-state index in [1.807, 2.05) is 0 Å². The van der Waals surface area contributed by atoms with E-state index in [0.29, 0.717) is 0 Å². The topological polar surface area (TPSA) is 65.3 Å². The van der Waals surface area contributed by atoms with Crippen LogP contribution in [-0.4, -0.2) is 16.3 Å². The number of hydrogen-bond donors (Lipinski definition) is 0. The summed E-state index contributed by atoms with van der Waals surface area (Å²) in [7, 11) is 0. The van der Waals surface area contributed by atoms with Crippen LogP contribution in [0.1, 0.15) is 5.56 Å². The molecule has 0 spiro atoms. The third-order valence-electron chi connectivity index (χ3n) is 1.62. The van der Waals surface area contributed by atoms with Gasteiger partial charge in [0.1, 0.15) is 12.2 Å². The quantitative estimate of drug-likeness (QED) is 0.361. The zero-order valence-corrected chi connectivity index (χ0v) is 7.79. The van der Waals surface area contributed by atoms with Crippen LogP contribution in [0.2, 0.25) is 0 Å². The molecule has 0 fully saturated rings. The minimum absolute atomic E-state index is 0.227. The molecule has 0 amide bonds. The lowest BCUT2D eigenvalue weighted by molar-refractivity contribution is -0.389. The van der Waals surface area contributed by atoms with Gasteiger partial charge in [-0.3, -0.25) is 10.1 Å². The first-order chi connectivity index (χ1) is 7.76. The van der Waals surface area contributed by atoms with E-state index < -0.39 is 40.9 Å². The highest BCUT2D eigenvalue weighted by Gasteiger charge is 2.35. The molecular formula is C7H3F5N2O3. The summed E-state index contributed by atoms with van der Waals surface area (Å²) in [6.45, 7) is -1.69. The van der Waals surface area contributed by atoms with Gasteiger partial charge in [-0.05, 0) is 0 Å². The zero-order valence-electron chi connectivity index (χ0n) is 7.79. The highest BCUT2D eigenvalue weighted by molar-refractivity contribution is 5.47. The van der Waals surface area contributed by atoms with Gasteiger partial charge in [-0.15, -0.1) is 13.2 Å². The van der Waals surface area contributed by atoms with Crippen LogP contribution in [0.25, 0.3) is 0 Å². The van der Waals surface area contributed by atoms with Crippen molar-refractivity contribution in [2.75, 3.05) is 0 Å². The summed E-state index contributed by atoms with van der Waals surface area (Å²) >= 11 is 0. The van der Waals surface area contributed by atoms with Gasteiger partial charge in [-0.1, -0.05) is 0 Å². The van der Waals surface area contributed by atoms with Crippen molar-refractivity contribution in [1.29, 1.82) is 0 Å². The summed E-state index contributed by atoms with van der Waals surface area (Å²) in [6, 6.07) is 0. The largest absolute Gasteiger partial charge is 0.573 e. The van der Waals surface area contributed by atoms with Crippen LogP contribution in [0.5, 0.6) is 5.75 Å². The van der Waals surface area contributed by atoms with Crippen molar-refractivity contribution in [2.24, 2.45) is 0 Å². The molecule has 1 rings (SSSR count). The van der Waals surface area contributed by atoms with Gasteiger partial charge >= 0.3 is 12.0 Å². The fraction of sp³-hybridized carbons (Fsp3) is 0.286. The average molecular weight is 258 g/mol. The van der Waals surface area contributed by atoms with Crippen LogP contribution in [0.15, 0.2) is 6.20 Å². The molecule has 0 aliphatic heterocycles. The van der Waals surface area contributed by atoms with Crippen molar-refractivity contribution in [1.82, 2.24) is 4.98 Å². The van der Waals surface area contributed by atoms with Gasteiger partial charge in [0.15, 0.2) is 5.75 Å². The molecule has 0 aliphatic rings. The Morgan fingerprint density at radius 3 is 2.47 bits per heavy atom. The monoisotopic (exact) mass is 258 g/mol. The fourth-order valence-corrected chi connectivity index (χ4v) is 1.02. The van der Waals surface area contributed by atoms with Crippen LogP contribution < -0.4 is 4.74 Å². The minimum Gasteiger partial charge on any atom is -0.403 e. The number of nitro groups is 1. The normalized spacial score (nSPS) is 11.4.